The number of imidazole rings is 1. The van der Waals surface area contributed by atoms with E-state index in [0.717, 1.165) is 27.3 Å². The molecule has 3 N–H and O–H groups in total. The number of aliphatic hydroxyl groups is 1. The first kappa shape index (κ1) is 18.2. The van der Waals surface area contributed by atoms with Crippen LogP contribution in [0.4, 0.5) is 0 Å². The molecular formula is C21H19N3O3S. The van der Waals surface area contributed by atoms with Crippen LogP contribution in [0, 0.1) is 0 Å². The highest BCUT2D eigenvalue weighted by Gasteiger charge is 2.21. The van der Waals surface area contributed by atoms with Crippen LogP contribution < -0.4 is 10.5 Å². The number of hydrogen-bond acceptors (Lipinski definition) is 5. The minimum atomic E-state index is -0.539. The van der Waals surface area contributed by atoms with E-state index in [-0.39, 0.29) is 12.7 Å². The fourth-order valence-corrected chi connectivity index (χ4v) is 4.15. The first-order valence-electron chi connectivity index (χ1n) is 8.80. The molecule has 0 aliphatic rings. The van der Waals surface area contributed by atoms with E-state index in [0.29, 0.717) is 10.6 Å². The van der Waals surface area contributed by atoms with E-state index < -0.39 is 5.91 Å². The lowest BCUT2D eigenvalue weighted by atomic mass is 10.0. The number of aliphatic hydroxyl groups excluding tert-OH is 1. The highest BCUT2D eigenvalue weighted by atomic mass is 32.1. The maximum atomic E-state index is 12.0. The van der Waals surface area contributed by atoms with Crippen LogP contribution in [0.5, 0.6) is 5.75 Å². The summed E-state index contributed by atoms with van der Waals surface area (Å²) in [5.41, 5.74) is 8.92. The number of benzene rings is 1. The first-order chi connectivity index (χ1) is 13.6. The van der Waals surface area contributed by atoms with Crippen molar-refractivity contribution in [1.82, 2.24) is 9.38 Å². The normalized spacial score (nSPS) is 12.2. The van der Waals surface area contributed by atoms with Crippen LogP contribution in [-0.2, 0) is 6.61 Å². The molecule has 3 aromatic heterocycles. The summed E-state index contributed by atoms with van der Waals surface area (Å²) >= 11 is 1.28. The monoisotopic (exact) mass is 393 g/mol. The molecule has 0 saturated carbocycles. The van der Waals surface area contributed by atoms with Crippen molar-refractivity contribution in [2.24, 2.45) is 5.73 Å². The van der Waals surface area contributed by atoms with Gasteiger partial charge in [0, 0.05) is 12.3 Å². The van der Waals surface area contributed by atoms with Crippen LogP contribution in [0.15, 0.2) is 60.9 Å². The molecule has 0 fully saturated rings. The Balaban J connectivity index is 1.72. The zero-order chi connectivity index (χ0) is 19.7. The van der Waals surface area contributed by atoms with Crippen LogP contribution in [-0.4, -0.2) is 20.4 Å². The average Bonchev–Trinajstić information content (AvgIpc) is 3.32. The van der Waals surface area contributed by atoms with Gasteiger partial charge in [0.1, 0.15) is 22.4 Å². The van der Waals surface area contributed by atoms with Gasteiger partial charge >= 0.3 is 0 Å². The molecule has 4 aromatic rings. The van der Waals surface area contributed by atoms with Crippen LogP contribution in [0.25, 0.3) is 16.2 Å². The molecule has 142 valence electrons. The number of ether oxygens (including phenoxy) is 1. The second-order valence-corrected chi connectivity index (χ2v) is 7.41. The molecule has 6 nitrogen and oxygen atoms in total. The van der Waals surface area contributed by atoms with Crippen LogP contribution >= 0.6 is 11.3 Å². The van der Waals surface area contributed by atoms with Crippen molar-refractivity contribution < 1.29 is 14.6 Å². The van der Waals surface area contributed by atoms with Gasteiger partial charge in [-0.3, -0.25) is 9.20 Å². The van der Waals surface area contributed by atoms with E-state index in [1.165, 1.54) is 11.3 Å². The summed E-state index contributed by atoms with van der Waals surface area (Å²) in [7, 11) is 0. The number of pyridine rings is 1. The van der Waals surface area contributed by atoms with Crippen LogP contribution in [0.1, 0.15) is 33.8 Å². The Labute approximate surface area is 165 Å². The maximum Gasteiger partial charge on any atom is 0.262 e. The van der Waals surface area contributed by atoms with E-state index >= 15 is 0 Å². The van der Waals surface area contributed by atoms with Gasteiger partial charge in [-0.25, -0.2) is 4.98 Å². The summed E-state index contributed by atoms with van der Waals surface area (Å²) in [6.07, 6.45) is 3.33. The number of rotatable bonds is 6. The van der Waals surface area contributed by atoms with Gasteiger partial charge in [0.15, 0.2) is 0 Å². The summed E-state index contributed by atoms with van der Waals surface area (Å²) in [5.74, 6) is -0.110. The smallest absolute Gasteiger partial charge is 0.262 e. The molecule has 28 heavy (non-hydrogen) atoms. The Morgan fingerprint density at radius 2 is 2.07 bits per heavy atom. The number of nitrogens with zero attached hydrogens (tertiary/aromatic N) is 2. The van der Waals surface area contributed by atoms with Gasteiger partial charge in [0.2, 0.25) is 0 Å². The van der Waals surface area contributed by atoms with Gasteiger partial charge in [-0.1, -0.05) is 30.3 Å². The standard InChI is InChI=1S/C21H19N3O3S/c1-13(15-7-3-2-6-14(15)12-25)27-17-10-18(28-20(17)21(22)26)16-11-23-19-8-4-5-9-24(16)19/h2-11,13,25H,12H2,1H3,(H2,22,26)/t13-/m0/s1. The third-order valence-corrected chi connectivity index (χ3v) is 5.71. The number of thiophene rings is 1. The van der Waals surface area contributed by atoms with E-state index in [1.807, 2.05) is 66.1 Å². The fraction of sp³-hybridized carbons (Fsp3) is 0.143. The van der Waals surface area contributed by atoms with E-state index in [1.54, 1.807) is 6.20 Å². The lowest BCUT2D eigenvalue weighted by Crippen LogP contribution is -2.12. The Kier molecular flexibility index (Phi) is 4.85. The molecule has 4 rings (SSSR count). The van der Waals surface area contributed by atoms with Gasteiger partial charge in [-0.15, -0.1) is 11.3 Å². The minimum absolute atomic E-state index is 0.0801. The predicted molar refractivity (Wildman–Crippen MR) is 108 cm³/mol. The number of primary amides is 1. The number of nitrogens with two attached hydrogens (primary N) is 1. The van der Waals surface area contributed by atoms with Gasteiger partial charge in [0.05, 0.1) is 23.4 Å². The lowest BCUT2D eigenvalue weighted by Gasteiger charge is -2.17. The van der Waals surface area contributed by atoms with E-state index in [2.05, 4.69) is 4.98 Å². The summed E-state index contributed by atoms with van der Waals surface area (Å²) in [6, 6.07) is 15.1. The highest BCUT2D eigenvalue weighted by molar-refractivity contribution is 7.17. The van der Waals surface area contributed by atoms with E-state index in [9.17, 15) is 9.90 Å². The SMILES string of the molecule is C[C@H](Oc1cc(-c2cnc3ccccn23)sc1C(N)=O)c1ccccc1CO. The Hall–Kier alpha value is -3.16. The Morgan fingerprint density at radius 1 is 1.29 bits per heavy atom. The van der Waals surface area contributed by atoms with Crippen molar-refractivity contribution in [1.29, 1.82) is 0 Å². The zero-order valence-corrected chi connectivity index (χ0v) is 16.0. The molecular weight excluding hydrogens is 374 g/mol. The van der Waals surface area contributed by atoms with Crippen molar-refractivity contribution in [2.75, 3.05) is 0 Å². The number of aromatic nitrogens is 2. The van der Waals surface area contributed by atoms with Gasteiger partial charge in [-0.2, -0.15) is 0 Å². The summed E-state index contributed by atoms with van der Waals surface area (Å²) in [5, 5.41) is 9.57. The predicted octanol–water partition coefficient (Wildman–Crippen LogP) is 3.79. The molecule has 0 aliphatic heterocycles. The molecule has 1 aromatic carbocycles. The largest absolute Gasteiger partial charge is 0.484 e. The van der Waals surface area contributed by atoms with Crippen molar-refractivity contribution in [2.45, 2.75) is 19.6 Å². The topological polar surface area (TPSA) is 89.9 Å². The molecule has 1 amide bonds. The average molecular weight is 393 g/mol. The molecule has 0 bridgehead atoms. The molecule has 0 spiro atoms. The van der Waals surface area contributed by atoms with Crippen molar-refractivity contribution in [3.05, 3.63) is 76.9 Å². The maximum absolute atomic E-state index is 12.0. The molecule has 0 saturated heterocycles. The number of fused-ring (bicyclic) bond motifs is 1. The molecule has 1 atom stereocenters. The van der Waals surface area contributed by atoms with Gasteiger partial charge < -0.3 is 15.6 Å². The van der Waals surface area contributed by atoms with Crippen LogP contribution in [0.2, 0.25) is 0 Å². The molecule has 3 heterocycles. The quantitative estimate of drug-likeness (QED) is 0.521. The first-order valence-corrected chi connectivity index (χ1v) is 9.61. The third-order valence-electron chi connectivity index (χ3n) is 4.56. The third kappa shape index (κ3) is 3.26. The molecule has 0 radical (unpaired) electrons. The van der Waals surface area contributed by atoms with E-state index in [4.69, 9.17) is 10.5 Å². The van der Waals surface area contributed by atoms with Crippen molar-refractivity contribution in [3.8, 4) is 16.3 Å². The number of amides is 1. The summed E-state index contributed by atoms with van der Waals surface area (Å²) in [6.45, 7) is 1.80. The summed E-state index contributed by atoms with van der Waals surface area (Å²) < 4.78 is 8.04. The number of carbonyl (C=O) groups is 1. The molecule has 7 heteroatoms. The van der Waals surface area contributed by atoms with Crippen molar-refractivity contribution >= 4 is 22.9 Å². The second-order valence-electron chi connectivity index (χ2n) is 6.36. The number of hydrogen-bond donors (Lipinski definition) is 2. The summed E-state index contributed by atoms with van der Waals surface area (Å²) in [4.78, 5) is 17.6. The van der Waals surface area contributed by atoms with Crippen LogP contribution in [0.3, 0.4) is 0 Å². The van der Waals surface area contributed by atoms with Gasteiger partial charge in [-0.05, 0) is 30.2 Å². The fourth-order valence-electron chi connectivity index (χ4n) is 3.20. The number of carbonyl (C=O) groups excluding carboxylic acids is 1. The Bertz CT molecular complexity index is 1150. The molecule has 0 unspecified atom stereocenters. The Morgan fingerprint density at radius 3 is 2.86 bits per heavy atom. The van der Waals surface area contributed by atoms with Gasteiger partial charge in [0.25, 0.3) is 5.91 Å². The van der Waals surface area contributed by atoms with Crippen molar-refractivity contribution in [3.63, 3.8) is 0 Å². The highest BCUT2D eigenvalue weighted by Crippen LogP contribution is 2.38. The lowest BCUT2D eigenvalue weighted by molar-refractivity contribution is 0.0998. The zero-order valence-electron chi connectivity index (χ0n) is 15.2. The molecule has 0 aliphatic carbocycles. The second kappa shape index (κ2) is 7.46. The minimum Gasteiger partial charge on any atom is -0.484 e.